The van der Waals surface area contributed by atoms with E-state index < -0.39 is 0 Å². The Kier molecular flexibility index (Phi) is 3.99. The Hall–Kier alpha value is -0.830. The van der Waals surface area contributed by atoms with E-state index in [0.717, 1.165) is 23.7 Å². The van der Waals surface area contributed by atoms with Gasteiger partial charge in [-0.15, -0.1) is 0 Å². The molecule has 1 saturated carbocycles. The minimum absolute atomic E-state index is 0.188. The van der Waals surface area contributed by atoms with E-state index in [-0.39, 0.29) is 5.91 Å². The SMILES string of the molecule is O=C(CCc1ccc(Br)cc1)NC1CCC1. The van der Waals surface area contributed by atoms with Crippen LogP contribution in [0.2, 0.25) is 0 Å². The molecule has 1 N–H and O–H groups in total. The van der Waals surface area contributed by atoms with Gasteiger partial charge in [0.25, 0.3) is 0 Å². The topological polar surface area (TPSA) is 29.1 Å². The van der Waals surface area contributed by atoms with E-state index in [0.29, 0.717) is 12.5 Å². The van der Waals surface area contributed by atoms with Crippen LogP contribution in [0.25, 0.3) is 0 Å². The molecule has 0 spiro atoms. The van der Waals surface area contributed by atoms with E-state index in [4.69, 9.17) is 0 Å². The molecular weight excluding hydrogens is 266 g/mol. The van der Waals surface area contributed by atoms with Gasteiger partial charge in [0, 0.05) is 16.9 Å². The number of carbonyl (C=O) groups is 1. The fourth-order valence-electron chi connectivity index (χ4n) is 1.76. The standard InChI is InChI=1S/C13H16BrNO/c14-11-7-4-10(5-8-11)6-9-13(16)15-12-2-1-3-12/h4-5,7-8,12H,1-3,6,9H2,(H,15,16). The number of halogens is 1. The quantitative estimate of drug-likeness (QED) is 0.903. The Balaban J connectivity index is 1.73. The van der Waals surface area contributed by atoms with Gasteiger partial charge < -0.3 is 5.32 Å². The van der Waals surface area contributed by atoms with Crippen LogP contribution in [0.3, 0.4) is 0 Å². The first-order chi connectivity index (χ1) is 7.74. The first kappa shape index (κ1) is 11.6. The number of nitrogens with one attached hydrogen (secondary N) is 1. The van der Waals surface area contributed by atoms with E-state index in [1.54, 1.807) is 0 Å². The van der Waals surface area contributed by atoms with Gasteiger partial charge in [-0.2, -0.15) is 0 Å². The molecule has 1 aliphatic rings. The van der Waals surface area contributed by atoms with E-state index in [1.807, 2.05) is 12.1 Å². The summed E-state index contributed by atoms with van der Waals surface area (Å²) in [5, 5.41) is 3.05. The minimum atomic E-state index is 0.188. The maximum atomic E-state index is 11.6. The van der Waals surface area contributed by atoms with E-state index in [9.17, 15) is 4.79 Å². The molecule has 0 heterocycles. The Bertz CT molecular complexity index is 357. The lowest BCUT2D eigenvalue weighted by molar-refractivity contribution is -0.122. The second-order valence-corrected chi connectivity index (χ2v) is 5.24. The molecule has 1 aromatic rings. The highest BCUT2D eigenvalue weighted by atomic mass is 79.9. The molecule has 1 amide bonds. The molecule has 0 bridgehead atoms. The van der Waals surface area contributed by atoms with E-state index in [2.05, 4.69) is 33.4 Å². The average Bonchev–Trinajstić information content (AvgIpc) is 2.23. The lowest BCUT2D eigenvalue weighted by atomic mass is 9.93. The van der Waals surface area contributed by atoms with Crippen LogP contribution in [0, 0.1) is 0 Å². The molecule has 0 aliphatic heterocycles. The van der Waals surface area contributed by atoms with Crippen molar-refractivity contribution in [3.8, 4) is 0 Å². The monoisotopic (exact) mass is 281 g/mol. The predicted molar refractivity (Wildman–Crippen MR) is 68.2 cm³/mol. The van der Waals surface area contributed by atoms with Gasteiger partial charge in [-0.25, -0.2) is 0 Å². The van der Waals surface area contributed by atoms with Crippen molar-refractivity contribution in [2.45, 2.75) is 38.1 Å². The Morgan fingerprint density at radius 3 is 2.56 bits per heavy atom. The summed E-state index contributed by atoms with van der Waals surface area (Å²) >= 11 is 3.40. The highest BCUT2D eigenvalue weighted by Crippen LogP contribution is 2.18. The van der Waals surface area contributed by atoms with Crippen LogP contribution < -0.4 is 5.32 Å². The maximum Gasteiger partial charge on any atom is 0.220 e. The van der Waals surface area contributed by atoms with Crippen molar-refractivity contribution >= 4 is 21.8 Å². The third-order valence-corrected chi connectivity index (χ3v) is 3.55. The summed E-state index contributed by atoms with van der Waals surface area (Å²) in [5.74, 6) is 0.188. The first-order valence-corrected chi connectivity index (χ1v) is 6.57. The summed E-state index contributed by atoms with van der Waals surface area (Å²) in [6, 6.07) is 8.59. The van der Waals surface area contributed by atoms with Gasteiger partial charge in [0.05, 0.1) is 0 Å². The molecule has 0 aromatic heterocycles. The van der Waals surface area contributed by atoms with Crippen LogP contribution >= 0.6 is 15.9 Å². The van der Waals surface area contributed by atoms with Crippen LogP contribution in [0.15, 0.2) is 28.7 Å². The molecule has 2 nitrogen and oxygen atoms in total. The van der Waals surface area contributed by atoms with E-state index >= 15 is 0 Å². The molecule has 86 valence electrons. The number of hydrogen-bond acceptors (Lipinski definition) is 1. The number of benzene rings is 1. The summed E-state index contributed by atoms with van der Waals surface area (Å²) in [4.78, 5) is 11.6. The largest absolute Gasteiger partial charge is 0.353 e. The summed E-state index contributed by atoms with van der Waals surface area (Å²) in [7, 11) is 0. The lowest BCUT2D eigenvalue weighted by Gasteiger charge is -2.26. The van der Waals surface area contributed by atoms with Crippen LogP contribution in [0.5, 0.6) is 0 Å². The van der Waals surface area contributed by atoms with Gasteiger partial charge in [0.2, 0.25) is 5.91 Å². The van der Waals surface area contributed by atoms with Crippen molar-refractivity contribution in [2.75, 3.05) is 0 Å². The zero-order chi connectivity index (χ0) is 11.4. The molecule has 3 heteroatoms. The molecule has 1 aliphatic carbocycles. The zero-order valence-electron chi connectivity index (χ0n) is 9.21. The number of carbonyl (C=O) groups excluding carboxylic acids is 1. The first-order valence-electron chi connectivity index (χ1n) is 5.78. The van der Waals surface area contributed by atoms with Gasteiger partial charge in [-0.05, 0) is 43.4 Å². The van der Waals surface area contributed by atoms with Gasteiger partial charge in [0.1, 0.15) is 0 Å². The van der Waals surface area contributed by atoms with Crippen LogP contribution in [0.1, 0.15) is 31.2 Å². The molecule has 16 heavy (non-hydrogen) atoms. The van der Waals surface area contributed by atoms with Crippen LogP contribution in [-0.2, 0) is 11.2 Å². The molecule has 0 radical (unpaired) electrons. The molecule has 0 unspecified atom stereocenters. The Morgan fingerprint density at radius 1 is 1.31 bits per heavy atom. The minimum Gasteiger partial charge on any atom is -0.353 e. The van der Waals surface area contributed by atoms with Crippen molar-refractivity contribution in [1.82, 2.24) is 5.32 Å². The Labute approximate surface area is 105 Å². The summed E-state index contributed by atoms with van der Waals surface area (Å²) in [6.45, 7) is 0. The van der Waals surface area contributed by atoms with Crippen molar-refractivity contribution in [3.63, 3.8) is 0 Å². The summed E-state index contributed by atoms with van der Waals surface area (Å²) in [6.07, 6.45) is 5.00. The van der Waals surface area contributed by atoms with Crippen molar-refractivity contribution < 1.29 is 4.79 Å². The normalized spacial score (nSPS) is 15.6. The smallest absolute Gasteiger partial charge is 0.220 e. The molecule has 0 atom stereocenters. The molecule has 2 rings (SSSR count). The highest BCUT2D eigenvalue weighted by Gasteiger charge is 2.18. The fraction of sp³-hybridized carbons (Fsp3) is 0.462. The number of amides is 1. The zero-order valence-corrected chi connectivity index (χ0v) is 10.8. The molecular formula is C13H16BrNO. The van der Waals surface area contributed by atoms with Gasteiger partial charge in [-0.1, -0.05) is 28.1 Å². The van der Waals surface area contributed by atoms with Gasteiger partial charge in [-0.3, -0.25) is 4.79 Å². The number of rotatable bonds is 4. The summed E-state index contributed by atoms with van der Waals surface area (Å²) in [5.41, 5.74) is 1.21. The third kappa shape index (κ3) is 3.34. The van der Waals surface area contributed by atoms with Crippen molar-refractivity contribution in [1.29, 1.82) is 0 Å². The second kappa shape index (κ2) is 5.48. The maximum absolute atomic E-state index is 11.6. The predicted octanol–water partition coefficient (Wildman–Crippen LogP) is 3.05. The average molecular weight is 282 g/mol. The highest BCUT2D eigenvalue weighted by molar-refractivity contribution is 9.10. The van der Waals surface area contributed by atoms with Crippen molar-refractivity contribution in [2.24, 2.45) is 0 Å². The number of aryl methyl sites for hydroxylation is 1. The Morgan fingerprint density at radius 2 is 2.00 bits per heavy atom. The molecule has 1 aromatic carbocycles. The molecule has 0 saturated heterocycles. The number of hydrogen-bond donors (Lipinski definition) is 1. The lowest BCUT2D eigenvalue weighted by Crippen LogP contribution is -2.39. The van der Waals surface area contributed by atoms with Gasteiger partial charge in [0.15, 0.2) is 0 Å². The van der Waals surface area contributed by atoms with Gasteiger partial charge >= 0.3 is 0 Å². The fourth-order valence-corrected chi connectivity index (χ4v) is 2.03. The second-order valence-electron chi connectivity index (χ2n) is 4.32. The third-order valence-electron chi connectivity index (χ3n) is 3.02. The van der Waals surface area contributed by atoms with Crippen molar-refractivity contribution in [3.05, 3.63) is 34.3 Å². The summed E-state index contributed by atoms with van der Waals surface area (Å²) < 4.78 is 1.08. The van der Waals surface area contributed by atoms with E-state index in [1.165, 1.54) is 12.0 Å². The molecule has 1 fully saturated rings. The van der Waals surface area contributed by atoms with Crippen LogP contribution in [-0.4, -0.2) is 11.9 Å². The van der Waals surface area contributed by atoms with Crippen LogP contribution in [0.4, 0.5) is 0 Å².